The van der Waals surface area contributed by atoms with Crippen LogP contribution in [0, 0.1) is 22.7 Å². The van der Waals surface area contributed by atoms with E-state index in [1.807, 2.05) is 0 Å². The molecule has 0 spiro atoms. The maximum Gasteiger partial charge on any atom is 0.514 e. The van der Waals surface area contributed by atoms with E-state index in [9.17, 15) is 44.4 Å². The summed E-state index contributed by atoms with van der Waals surface area (Å²) in [6.07, 6.45) is -6.49. The smallest absolute Gasteiger partial charge is 0.504 e. The lowest BCUT2D eigenvalue weighted by molar-refractivity contribution is -0.492. The first-order valence-corrected chi connectivity index (χ1v) is 18.7. The lowest BCUT2D eigenvalue weighted by atomic mass is 9.44. The number of nitrogens with zero attached hydrogens (tertiary/aromatic N) is 2. The van der Waals surface area contributed by atoms with Gasteiger partial charge in [-0.05, 0) is 81.2 Å². The van der Waals surface area contributed by atoms with E-state index in [-0.39, 0.29) is 38.0 Å². The largest absolute Gasteiger partial charge is 0.514 e. The highest BCUT2D eigenvalue weighted by atomic mass is 19.1. The Hall–Kier alpha value is -4.69. The molecule has 21 nitrogen and oxygen atoms in total. The van der Waals surface area contributed by atoms with Crippen LogP contribution in [0.1, 0.15) is 69.2 Å². The summed E-state index contributed by atoms with van der Waals surface area (Å²) in [5.41, 5.74) is -9.69. The van der Waals surface area contributed by atoms with E-state index in [4.69, 9.17) is 39.8 Å². The number of ether oxygens (including phenoxy) is 4. The Morgan fingerprint density at radius 2 is 1.53 bits per heavy atom. The molecule has 8 N–H and O–H groups in total. The monoisotopic (exact) mass is 860 g/mol. The molecule has 9 atom stereocenters. The zero-order valence-corrected chi connectivity index (χ0v) is 32.3. The number of carbonyl (C=O) groups excluding carboxylic acids is 5. The summed E-state index contributed by atoms with van der Waals surface area (Å²) in [6, 6.07) is 1.58. The van der Waals surface area contributed by atoms with Crippen molar-refractivity contribution >= 4 is 29.7 Å². The number of unbranched alkanes of at least 4 members (excludes halogenated alkanes) is 1. The van der Waals surface area contributed by atoms with E-state index in [0.717, 1.165) is 24.3 Å². The van der Waals surface area contributed by atoms with Gasteiger partial charge in [-0.25, -0.2) is 18.4 Å². The molecule has 0 amide bonds. The zero-order chi connectivity index (χ0) is 44.4. The number of ketones is 2. The molecular formula is C37H46F2N2O19. The van der Waals surface area contributed by atoms with E-state index in [0.29, 0.717) is 0 Å². The minimum atomic E-state index is -2.70. The summed E-state index contributed by atoms with van der Waals surface area (Å²) in [7, 11) is 0. The van der Waals surface area contributed by atoms with Gasteiger partial charge in [0, 0.05) is 23.2 Å². The number of Topliss-reactive ketones (excluding diaryl/α,β-unsaturated/α-hetero) is 1. The Labute approximate surface area is 339 Å². The van der Waals surface area contributed by atoms with Gasteiger partial charge in [-0.1, -0.05) is 13.0 Å². The van der Waals surface area contributed by atoms with Crippen molar-refractivity contribution in [2.45, 2.75) is 88.4 Å². The summed E-state index contributed by atoms with van der Waals surface area (Å²) in [4.78, 5) is 74.3. The van der Waals surface area contributed by atoms with Crippen LogP contribution in [0.4, 0.5) is 13.6 Å². The third-order valence-electron chi connectivity index (χ3n) is 12.0. The van der Waals surface area contributed by atoms with Crippen molar-refractivity contribution in [3.63, 3.8) is 0 Å². The number of allylic oxidation sites excluding steroid dienone is 4. The molecule has 60 heavy (non-hydrogen) atoms. The standard InChI is InChI=1S/C37H46F2N2O19/c1-34-8-7-20(42)14-23(34)24(38)15-22-21-16-27(44)37(35(21,2)17-28(45)36(22,34)39,60-30(47)6-5-11-58-41(53)54)29(46)18-56-33(50)59-26-13-19(12-25(43)31(26)48)32(49)55-9-3-4-10-57-40(51)52/h7-8,12-14,21-22,24,27-28,43-45,48,51-54H,3-6,9-11,15-18H2,1-2H3/t21?,22?,24-,27+,28-,34-,35-,36?,37-/m0/s1. The SMILES string of the molecule is C[C@]12C=CC(=O)C=C1[C@@H](F)CC1C3C[C@@H](O)[C@](OC(=O)CCCON(O)O)(C(=O)COC(=O)Oc4cc(C(=O)OCCCCON(O)O)cc(O)c4O)[C@@]3(C)C[C@H](O)C12F. The molecule has 0 saturated heterocycles. The molecule has 3 saturated carbocycles. The maximum absolute atomic E-state index is 17.8. The maximum atomic E-state index is 17.8. The second kappa shape index (κ2) is 18.1. The number of aliphatic hydroxyl groups is 2. The van der Waals surface area contributed by atoms with Gasteiger partial charge in [0.05, 0.1) is 42.3 Å². The van der Waals surface area contributed by atoms with Crippen LogP contribution >= 0.6 is 0 Å². The van der Waals surface area contributed by atoms with Crippen LogP contribution in [0.5, 0.6) is 17.2 Å². The highest BCUT2D eigenvalue weighted by Crippen LogP contribution is 2.70. The average molecular weight is 861 g/mol. The fourth-order valence-electron chi connectivity index (χ4n) is 9.28. The summed E-state index contributed by atoms with van der Waals surface area (Å²) < 4.78 is 54.5. The summed E-state index contributed by atoms with van der Waals surface area (Å²) in [5, 5.41) is 77.6. The van der Waals surface area contributed by atoms with Gasteiger partial charge in [-0.2, -0.15) is 0 Å². The Bertz CT molecular complexity index is 1900. The number of hydrogen-bond acceptors (Lipinski definition) is 21. The van der Waals surface area contributed by atoms with E-state index >= 15 is 8.78 Å². The second-order valence-electron chi connectivity index (χ2n) is 15.3. The minimum Gasteiger partial charge on any atom is -0.504 e. The van der Waals surface area contributed by atoms with Gasteiger partial charge in [0.15, 0.2) is 29.6 Å². The molecule has 1 aromatic carbocycles. The van der Waals surface area contributed by atoms with Gasteiger partial charge in [0.2, 0.25) is 17.1 Å². The lowest BCUT2D eigenvalue weighted by Crippen LogP contribution is -2.71. The number of aromatic hydroxyl groups is 2. The van der Waals surface area contributed by atoms with Crippen molar-refractivity contribution < 1.29 is 103 Å². The number of alkyl halides is 2. The van der Waals surface area contributed by atoms with Crippen LogP contribution in [-0.4, -0.2) is 138 Å². The molecule has 3 unspecified atom stereocenters. The van der Waals surface area contributed by atoms with Gasteiger partial charge in [-0.15, -0.1) is 0 Å². The van der Waals surface area contributed by atoms with E-state index in [2.05, 4.69) is 9.68 Å². The van der Waals surface area contributed by atoms with Crippen LogP contribution < -0.4 is 4.74 Å². The van der Waals surface area contributed by atoms with E-state index in [1.165, 1.54) is 19.9 Å². The van der Waals surface area contributed by atoms with Crippen LogP contribution in [-0.2, 0) is 38.3 Å². The third-order valence-corrected chi connectivity index (χ3v) is 12.0. The third kappa shape index (κ3) is 8.59. The van der Waals surface area contributed by atoms with E-state index < -0.39 is 154 Å². The van der Waals surface area contributed by atoms with Crippen molar-refractivity contribution in [3.05, 3.63) is 41.5 Å². The Morgan fingerprint density at radius 1 is 0.883 bits per heavy atom. The number of aliphatic hydroxyl groups excluding tert-OH is 2. The summed E-state index contributed by atoms with van der Waals surface area (Å²) in [5.74, 6) is -9.54. The van der Waals surface area contributed by atoms with Crippen molar-refractivity contribution in [3.8, 4) is 17.2 Å². The molecule has 5 rings (SSSR count). The fraction of sp³-hybridized carbons (Fsp3) is 0.595. The van der Waals surface area contributed by atoms with Gasteiger partial charge in [0.25, 0.3) is 0 Å². The van der Waals surface area contributed by atoms with Gasteiger partial charge in [-0.3, -0.25) is 44.9 Å². The predicted octanol–water partition coefficient (Wildman–Crippen LogP) is 2.50. The van der Waals surface area contributed by atoms with Crippen molar-refractivity contribution in [2.24, 2.45) is 22.7 Å². The van der Waals surface area contributed by atoms with Crippen molar-refractivity contribution in [1.29, 1.82) is 0 Å². The second-order valence-corrected chi connectivity index (χ2v) is 15.3. The number of carbonyl (C=O) groups is 5. The highest BCUT2D eigenvalue weighted by molar-refractivity contribution is 6.01. The van der Waals surface area contributed by atoms with E-state index in [1.54, 1.807) is 0 Å². The number of phenolic OH excluding ortho intramolecular Hbond substituents is 2. The van der Waals surface area contributed by atoms with Crippen LogP contribution in [0.3, 0.4) is 0 Å². The molecule has 0 aliphatic heterocycles. The molecule has 0 bridgehead atoms. The van der Waals surface area contributed by atoms with Crippen LogP contribution in [0.25, 0.3) is 0 Å². The molecule has 1 aromatic rings. The van der Waals surface area contributed by atoms with Crippen molar-refractivity contribution in [1.82, 2.24) is 10.8 Å². The molecule has 0 aromatic heterocycles. The van der Waals surface area contributed by atoms with Gasteiger partial charge >= 0.3 is 18.1 Å². The summed E-state index contributed by atoms with van der Waals surface area (Å²) in [6.45, 7) is 0.546. The fourth-order valence-corrected chi connectivity index (χ4v) is 9.28. The molecule has 4 aliphatic rings. The number of halogens is 2. The molecular weight excluding hydrogens is 814 g/mol. The van der Waals surface area contributed by atoms with Gasteiger partial charge < -0.3 is 39.4 Å². The molecule has 4 aliphatic carbocycles. The number of benzene rings is 1. The first-order valence-electron chi connectivity index (χ1n) is 18.7. The number of hydrogen-bond donors (Lipinski definition) is 8. The van der Waals surface area contributed by atoms with Crippen LogP contribution in [0.2, 0.25) is 0 Å². The normalized spacial score (nSPS) is 31.8. The number of phenols is 2. The quantitative estimate of drug-likeness (QED) is 0.0279. The average Bonchev–Trinajstić information content (AvgIpc) is 3.39. The zero-order valence-electron chi connectivity index (χ0n) is 32.3. The molecule has 23 heteroatoms. The lowest BCUT2D eigenvalue weighted by Gasteiger charge is -2.63. The molecule has 0 heterocycles. The van der Waals surface area contributed by atoms with Crippen LogP contribution in [0.15, 0.2) is 35.9 Å². The first kappa shape index (κ1) is 46.4. The van der Waals surface area contributed by atoms with Gasteiger partial charge in [0.1, 0.15) is 12.3 Å². The Balaban J connectivity index is 1.38. The number of rotatable bonds is 17. The summed E-state index contributed by atoms with van der Waals surface area (Å²) >= 11 is 0. The first-order chi connectivity index (χ1) is 28.1. The van der Waals surface area contributed by atoms with Crippen molar-refractivity contribution in [2.75, 3.05) is 26.4 Å². The number of esters is 2. The molecule has 0 radical (unpaired) electrons. The number of fused-ring (bicyclic) bond motifs is 5. The topological polar surface area (TPSA) is 309 Å². The minimum absolute atomic E-state index is 0.138. The molecule has 332 valence electrons. The predicted molar refractivity (Wildman–Crippen MR) is 187 cm³/mol. The molecule has 3 fully saturated rings. The highest BCUT2D eigenvalue weighted by Gasteiger charge is 2.79. The Morgan fingerprint density at radius 3 is 2.20 bits per heavy atom. The Kier molecular flexibility index (Phi) is 14.0.